The zero-order chi connectivity index (χ0) is 17.4. The summed E-state index contributed by atoms with van der Waals surface area (Å²) < 4.78 is 10.9. The molecule has 1 heterocycles. The summed E-state index contributed by atoms with van der Waals surface area (Å²) in [7, 11) is 5.49. The number of hydrogen-bond acceptors (Lipinski definition) is 6. The number of carbonyl (C=O) groups excluding carboxylic acids is 1. The van der Waals surface area contributed by atoms with Crippen LogP contribution in [-0.2, 0) is 0 Å². The molecule has 128 valence electrons. The van der Waals surface area contributed by atoms with Crippen LogP contribution in [-0.4, -0.2) is 55.3 Å². The number of nitrogens with one attached hydrogen (secondary N) is 2. The summed E-state index contributed by atoms with van der Waals surface area (Å²) in [5.41, 5.74) is 0.509. The van der Waals surface area contributed by atoms with Crippen molar-refractivity contribution in [3.63, 3.8) is 0 Å². The number of amides is 2. The summed E-state index contributed by atoms with van der Waals surface area (Å²) in [5, 5.41) is 5.34. The third-order valence-corrected chi connectivity index (χ3v) is 3.04. The summed E-state index contributed by atoms with van der Waals surface area (Å²) in [4.78, 5) is 22.0. The number of urea groups is 1. The number of benzene rings is 1. The minimum atomic E-state index is -0.443. The van der Waals surface area contributed by atoms with Gasteiger partial charge in [0, 0.05) is 25.0 Å². The van der Waals surface area contributed by atoms with Crippen LogP contribution in [0.15, 0.2) is 36.8 Å². The summed E-state index contributed by atoms with van der Waals surface area (Å²) in [5.74, 6) is 1.53. The van der Waals surface area contributed by atoms with E-state index in [2.05, 4.69) is 20.6 Å². The van der Waals surface area contributed by atoms with Crippen LogP contribution in [0.5, 0.6) is 11.5 Å². The van der Waals surface area contributed by atoms with E-state index in [1.807, 2.05) is 19.0 Å². The molecule has 24 heavy (non-hydrogen) atoms. The van der Waals surface area contributed by atoms with Crippen molar-refractivity contribution >= 4 is 17.5 Å². The average molecular weight is 331 g/mol. The number of nitrogens with zero attached hydrogens (tertiary/aromatic N) is 3. The van der Waals surface area contributed by atoms with E-state index in [1.165, 1.54) is 18.6 Å². The number of hydrogen-bond donors (Lipinski definition) is 2. The number of anilines is 2. The molecule has 2 aromatic rings. The lowest BCUT2D eigenvalue weighted by atomic mass is 10.2. The maximum absolute atomic E-state index is 12.1. The zero-order valence-electron chi connectivity index (χ0n) is 13.9. The van der Waals surface area contributed by atoms with Gasteiger partial charge in [-0.25, -0.2) is 9.78 Å². The Kier molecular flexibility index (Phi) is 6.32. The Labute approximate surface area is 140 Å². The topological polar surface area (TPSA) is 88.6 Å². The van der Waals surface area contributed by atoms with Crippen LogP contribution >= 0.6 is 0 Å². The molecule has 0 bridgehead atoms. The van der Waals surface area contributed by atoms with Crippen molar-refractivity contribution in [2.75, 3.05) is 45.0 Å². The standard InChI is InChI=1S/C16H21N5O3/c1-21(2)8-9-24-14-5-4-12(23-3)10-13(14)19-16(22)20-15-11-17-6-7-18-15/h4-7,10-11H,8-9H2,1-3H3,(H2,18,19,20,22). The van der Waals surface area contributed by atoms with E-state index in [4.69, 9.17) is 9.47 Å². The van der Waals surface area contributed by atoms with Gasteiger partial charge in [-0.2, -0.15) is 0 Å². The van der Waals surface area contributed by atoms with E-state index < -0.39 is 6.03 Å². The molecule has 0 aliphatic rings. The fourth-order valence-electron chi connectivity index (χ4n) is 1.83. The van der Waals surface area contributed by atoms with Crippen LogP contribution < -0.4 is 20.1 Å². The second kappa shape index (κ2) is 8.68. The maximum atomic E-state index is 12.1. The SMILES string of the molecule is COc1ccc(OCCN(C)C)c(NC(=O)Nc2cnccn2)c1. The molecule has 0 atom stereocenters. The molecule has 0 unspecified atom stereocenters. The van der Waals surface area contributed by atoms with E-state index >= 15 is 0 Å². The molecule has 0 saturated heterocycles. The highest BCUT2D eigenvalue weighted by Gasteiger charge is 2.10. The maximum Gasteiger partial charge on any atom is 0.325 e. The molecule has 0 spiro atoms. The highest BCUT2D eigenvalue weighted by molar-refractivity contribution is 6.00. The Balaban J connectivity index is 2.06. The number of ether oxygens (including phenoxy) is 2. The Hall–Kier alpha value is -2.87. The lowest BCUT2D eigenvalue weighted by Crippen LogP contribution is -2.22. The van der Waals surface area contributed by atoms with Gasteiger partial charge in [-0.05, 0) is 26.2 Å². The fraction of sp³-hybridized carbons (Fsp3) is 0.312. The zero-order valence-corrected chi connectivity index (χ0v) is 13.9. The Morgan fingerprint density at radius 1 is 1.25 bits per heavy atom. The van der Waals surface area contributed by atoms with Crippen LogP contribution in [0, 0.1) is 0 Å². The van der Waals surface area contributed by atoms with Crippen LogP contribution in [0.25, 0.3) is 0 Å². The molecule has 0 radical (unpaired) electrons. The molecule has 2 rings (SSSR count). The number of methoxy groups -OCH3 is 1. The molecule has 8 heteroatoms. The summed E-state index contributed by atoms with van der Waals surface area (Å²) in [6.45, 7) is 1.26. The predicted octanol–water partition coefficient (Wildman–Crippen LogP) is 2.07. The first-order chi connectivity index (χ1) is 11.6. The van der Waals surface area contributed by atoms with Gasteiger partial charge in [0.05, 0.1) is 19.0 Å². The Bertz CT molecular complexity index is 664. The van der Waals surface area contributed by atoms with Gasteiger partial charge in [-0.15, -0.1) is 0 Å². The van der Waals surface area contributed by atoms with Gasteiger partial charge in [0.2, 0.25) is 0 Å². The monoisotopic (exact) mass is 331 g/mol. The van der Waals surface area contributed by atoms with Crippen molar-refractivity contribution in [1.29, 1.82) is 0 Å². The lowest BCUT2D eigenvalue weighted by Gasteiger charge is -2.15. The van der Waals surface area contributed by atoms with Gasteiger partial charge in [-0.3, -0.25) is 10.3 Å². The minimum absolute atomic E-state index is 0.355. The second-order valence-corrected chi connectivity index (χ2v) is 5.18. The Morgan fingerprint density at radius 3 is 2.75 bits per heavy atom. The lowest BCUT2D eigenvalue weighted by molar-refractivity contribution is 0.258. The van der Waals surface area contributed by atoms with Gasteiger partial charge < -0.3 is 19.7 Å². The molecule has 1 aromatic heterocycles. The van der Waals surface area contributed by atoms with Gasteiger partial charge in [0.1, 0.15) is 18.1 Å². The highest BCUT2D eigenvalue weighted by Crippen LogP contribution is 2.29. The van der Waals surface area contributed by atoms with Gasteiger partial charge in [-0.1, -0.05) is 0 Å². The van der Waals surface area contributed by atoms with Crippen molar-refractivity contribution in [2.45, 2.75) is 0 Å². The van der Waals surface area contributed by atoms with Crippen LogP contribution in [0.1, 0.15) is 0 Å². The first kappa shape index (κ1) is 17.5. The molecule has 0 fully saturated rings. The first-order valence-corrected chi connectivity index (χ1v) is 7.38. The van der Waals surface area contributed by atoms with E-state index in [0.717, 1.165) is 6.54 Å². The summed E-state index contributed by atoms with van der Waals surface area (Å²) >= 11 is 0. The molecule has 1 aromatic carbocycles. The summed E-state index contributed by atoms with van der Waals surface area (Å²) in [6.07, 6.45) is 4.48. The number of aromatic nitrogens is 2. The van der Waals surface area contributed by atoms with Gasteiger partial charge >= 0.3 is 6.03 Å². The van der Waals surface area contributed by atoms with E-state index in [0.29, 0.717) is 29.6 Å². The van der Waals surface area contributed by atoms with Crippen LogP contribution in [0.3, 0.4) is 0 Å². The van der Waals surface area contributed by atoms with Crippen LogP contribution in [0.2, 0.25) is 0 Å². The molecule has 0 aliphatic carbocycles. The molecule has 0 saturated carbocycles. The molecule has 8 nitrogen and oxygen atoms in total. The average Bonchev–Trinajstić information content (AvgIpc) is 2.56. The minimum Gasteiger partial charge on any atom is -0.497 e. The normalized spacial score (nSPS) is 10.3. The van der Waals surface area contributed by atoms with Crippen molar-refractivity contribution in [2.24, 2.45) is 0 Å². The van der Waals surface area contributed by atoms with Crippen LogP contribution in [0.4, 0.5) is 16.3 Å². The third kappa shape index (κ3) is 5.40. The largest absolute Gasteiger partial charge is 0.497 e. The third-order valence-electron chi connectivity index (χ3n) is 3.04. The van der Waals surface area contributed by atoms with Gasteiger partial charge in [0.25, 0.3) is 0 Å². The molecule has 2 amide bonds. The first-order valence-electron chi connectivity index (χ1n) is 7.38. The second-order valence-electron chi connectivity index (χ2n) is 5.18. The highest BCUT2D eigenvalue weighted by atomic mass is 16.5. The number of likely N-dealkylation sites (N-methyl/N-ethyl adjacent to an activating group) is 1. The predicted molar refractivity (Wildman–Crippen MR) is 91.7 cm³/mol. The van der Waals surface area contributed by atoms with Crippen molar-refractivity contribution < 1.29 is 14.3 Å². The molecule has 0 aliphatic heterocycles. The van der Waals surface area contributed by atoms with E-state index in [-0.39, 0.29) is 0 Å². The number of rotatable bonds is 7. The molecular formula is C16H21N5O3. The van der Waals surface area contributed by atoms with Crippen molar-refractivity contribution in [3.8, 4) is 11.5 Å². The Morgan fingerprint density at radius 2 is 2.08 bits per heavy atom. The molecule has 2 N–H and O–H groups in total. The van der Waals surface area contributed by atoms with Gasteiger partial charge in [0.15, 0.2) is 5.82 Å². The van der Waals surface area contributed by atoms with E-state index in [9.17, 15) is 4.79 Å². The summed E-state index contributed by atoms with van der Waals surface area (Å²) in [6, 6.07) is 4.78. The molecular weight excluding hydrogens is 310 g/mol. The fourth-order valence-corrected chi connectivity index (χ4v) is 1.83. The quantitative estimate of drug-likeness (QED) is 0.807. The van der Waals surface area contributed by atoms with Crippen molar-refractivity contribution in [1.82, 2.24) is 14.9 Å². The smallest absolute Gasteiger partial charge is 0.325 e. The van der Waals surface area contributed by atoms with E-state index in [1.54, 1.807) is 25.3 Å². The van der Waals surface area contributed by atoms with Crippen molar-refractivity contribution in [3.05, 3.63) is 36.8 Å². The number of carbonyl (C=O) groups is 1.